The van der Waals surface area contributed by atoms with E-state index >= 15 is 0 Å². The van der Waals surface area contributed by atoms with Crippen LogP contribution in [0.3, 0.4) is 0 Å². The van der Waals surface area contributed by atoms with Gasteiger partial charge in [0.25, 0.3) is 5.91 Å². The molecule has 2 N–H and O–H groups in total. The summed E-state index contributed by atoms with van der Waals surface area (Å²) in [6, 6.07) is 5.23. The zero-order valence-electron chi connectivity index (χ0n) is 11.6. The molecule has 0 spiro atoms. The molecular formula is C14H17IN2O3S. The molecule has 0 aromatic heterocycles. The van der Waals surface area contributed by atoms with E-state index in [1.54, 1.807) is 25.3 Å². The standard InChI is InChI=1S/C14H17IN2O3S/c1-19-12-5-4-9(7-11(12)15)13(18)17-14(21)16-8-10-3-2-6-20-10/h4-5,7,10H,2-3,6,8H2,1H3,(H2,16,17,18,21)/t10-/m1/s1. The first kappa shape index (κ1) is 16.4. The summed E-state index contributed by atoms with van der Waals surface area (Å²) in [5.74, 6) is 0.506. The monoisotopic (exact) mass is 420 g/mol. The summed E-state index contributed by atoms with van der Waals surface area (Å²) in [7, 11) is 1.60. The van der Waals surface area contributed by atoms with E-state index in [1.165, 1.54) is 0 Å². The van der Waals surface area contributed by atoms with Crippen LogP contribution in [0.5, 0.6) is 5.75 Å². The SMILES string of the molecule is COc1ccc(C(=O)NC(=S)NC[C@H]2CCCO2)cc1I. The number of carbonyl (C=O) groups excluding carboxylic acids is 1. The third-order valence-corrected chi connectivity index (χ3v) is 4.24. The number of nitrogens with one attached hydrogen (secondary N) is 2. The van der Waals surface area contributed by atoms with Gasteiger partial charge >= 0.3 is 0 Å². The van der Waals surface area contributed by atoms with Crippen LogP contribution in [0.15, 0.2) is 18.2 Å². The molecule has 0 radical (unpaired) electrons. The van der Waals surface area contributed by atoms with Crippen LogP contribution in [-0.2, 0) is 4.74 Å². The van der Waals surface area contributed by atoms with Crippen molar-refractivity contribution < 1.29 is 14.3 Å². The molecule has 0 bridgehead atoms. The van der Waals surface area contributed by atoms with Gasteiger partial charge in [0.05, 0.1) is 16.8 Å². The summed E-state index contributed by atoms with van der Waals surface area (Å²) < 4.78 is 11.5. The van der Waals surface area contributed by atoms with E-state index in [2.05, 4.69) is 33.2 Å². The Morgan fingerprint density at radius 1 is 1.57 bits per heavy atom. The van der Waals surface area contributed by atoms with Gasteiger partial charge < -0.3 is 14.8 Å². The molecule has 0 aliphatic carbocycles. The average molecular weight is 420 g/mol. The fourth-order valence-electron chi connectivity index (χ4n) is 2.04. The summed E-state index contributed by atoms with van der Waals surface area (Å²) in [5, 5.41) is 6.00. The molecule has 1 amide bonds. The lowest BCUT2D eigenvalue weighted by Crippen LogP contribution is -2.42. The first-order valence-electron chi connectivity index (χ1n) is 6.64. The minimum Gasteiger partial charge on any atom is -0.496 e. The third-order valence-electron chi connectivity index (χ3n) is 3.16. The second-order valence-electron chi connectivity index (χ2n) is 4.65. The number of rotatable bonds is 4. The van der Waals surface area contributed by atoms with E-state index < -0.39 is 0 Å². The molecule has 1 fully saturated rings. The average Bonchev–Trinajstić information content (AvgIpc) is 2.98. The molecule has 0 saturated carbocycles. The summed E-state index contributed by atoms with van der Waals surface area (Å²) in [5.41, 5.74) is 0.543. The lowest BCUT2D eigenvalue weighted by molar-refractivity contribution is 0.0973. The molecule has 1 aromatic rings. The Bertz CT molecular complexity index is 533. The third kappa shape index (κ3) is 4.79. The van der Waals surface area contributed by atoms with Crippen molar-refractivity contribution in [2.75, 3.05) is 20.3 Å². The predicted molar refractivity (Wildman–Crippen MR) is 92.8 cm³/mol. The molecule has 114 valence electrons. The van der Waals surface area contributed by atoms with Gasteiger partial charge in [-0.05, 0) is 65.8 Å². The van der Waals surface area contributed by atoms with Crippen molar-refractivity contribution in [2.45, 2.75) is 18.9 Å². The number of thiocarbonyl (C=S) groups is 1. The molecule has 0 unspecified atom stereocenters. The molecule has 7 heteroatoms. The largest absolute Gasteiger partial charge is 0.496 e. The van der Waals surface area contributed by atoms with Crippen molar-refractivity contribution >= 4 is 45.8 Å². The van der Waals surface area contributed by atoms with Gasteiger partial charge in [0.1, 0.15) is 5.75 Å². The molecule has 1 aliphatic rings. The maximum absolute atomic E-state index is 12.1. The minimum atomic E-state index is -0.236. The Hall–Kier alpha value is -0.930. The maximum Gasteiger partial charge on any atom is 0.257 e. The number of carbonyl (C=O) groups is 1. The predicted octanol–water partition coefficient (Wildman–Crippen LogP) is 2.08. The Morgan fingerprint density at radius 2 is 2.38 bits per heavy atom. The number of hydrogen-bond donors (Lipinski definition) is 2. The van der Waals surface area contributed by atoms with Crippen LogP contribution in [-0.4, -0.2) is 37.4 Å². The van der Waals surface area contributed by atoms with Crippen molar-refractivity contribution in [3.63, 3.8) is 0 Å². The van der Waals surface area contributed by atoms with Crippen LogP contribution >= 0.6 is 34.8 Å². The van der Waals surface area contributed by atoms with Crippen LogP contribution in [0.1, 0.15) is 23.2 Å². The highest BCUT2D eigenvalue weighted by molar-refractivity contribution is 14.1. The van der Waals surface area contributed by atoms with Gasteiger partial charge in [-0.1, -0.05) is 0 Å². The van der Waals surface area contributed by atoms with Gasteiger partial charge in [0, 0.05) is 18.7 Å². The number of ether oxygens (including phenoxy) is 2. The number of halogens is 1. The van der Waals surface area contributed by atoms with Gasteiger partial charge in [-0.15, -0.1) is 0 Å². The lowest BCUT2D eigenvalue weighted by atomic mass is 10.2. The van der Waals surface area contributed by atoms with E-state index in [-0.39, 0.29) is 12.0 Å². The molecule has 5 nitrogen and oxygen atoms in total. The van der Waals surface area contributed by atoms with Crippen molar-refractivity contribution in [2.24, 2.45) is 0 Å². The van der Waals surface area contributed by atoms with Crippen LogP contribution in [0.4, 0.5) is 0 Å². The highest BCUT2D eigenvalue weighted by Gasteiger charge is 2.16. The van der Waals surface area contributed by atoms with Gasteiger partial charge in [-0.25, -0.2) is 0 Å². The minimum absolute atomic E-state index is 0.182. The molecule has 1 aliphatic heterocycles. The molecule has 1 saturated heterocycles. The number of amides is 1. The maximum atomic E-state index is 12.1. The molecular weight excluding hydrogens is 403 g/mol. The first-order chi connectivity index (χ1) is 10.1. The summed E-state index contributed by atoms with van der Waals surface area (Å²) in [6.07, 6.45) is 2.29. The second kappa shape index (κ2) is 7.90. The first-order valence-corrected chi connectivity index (χ1v) is 8.13. The molecule has 21 heavy (non-hydrogen) atoms. The Kier molecular flexibility index (Phi) is 6.19. The normalized spacial score (nSPS) is 17.3. The van der Waals surface area contributed by atoms with E-state index in [9.17, 15) is 4.79 Å². The second-order valence-corrected chi connectivity index (χ2v) is 6.22. The fourth-order valence-corrected chi connectivity index (χ4v) is 2.95. The van der Waals surface area contributed by atoms with Crippen LogP contribution < -0.4 is 15.4 Å². The topological polar surface area (TPSA) is 59.6 Å². The quantitative estimate of drug-likeness (QED) is 0.577. The zero-order chi connectivity index (χ0) is 15.2. The van der Waals surface area contributed by atoms with E-state index in [4.69, 9.17) is 21.7 Å². The van der Waals surface area contributed by atoms with Gasteiger partial charge in [-0.3, -0.25) is 10.1 Å². The number of benzene rings is 1. The smallest absolute Gasteiger partial charge is 0.257 e. The van der Waals surface area contributed by atoms with Crippen molar-refractivity contribution in [1.29, 1.82) is 0 Å². The van der Waals surface area contributed by atoms with Crippen LogP contribution in [0, 0.1) is 3.57 Å². The van der Waals surface area contributed by atoms with Gasteiger partial charge in [-0.2, -0.15) is 0 Å². The number of hydrogen-bond acceptors (Lipinski definition) is 4. The van der Waals surface area contributed by atoms with E-state index in [1.807, 2.05) is 0 Å². The zero-order valence-corrected chi connectivity index (χ0v) is 14.6. The Balaban J connectivity index is 1.85. The molecule has 1 heterocycles. The summed E-state index contributed by atoms with van der Waals surface area (Å²) in [4.78, 5) is 12.1. The highest BCUT2D eigenvalue weighted by atomic mass is 127. The van der Waals surface area contributed by atoms with Crippen LogP contribution in [0.2, 0.25) is 0 Å². The summed E-state index contributed by atoms with van der Waals surface area (Å²) in [6.45, 7) is 1.43. The fraction of sp³-hybridized carbons (Fsp3) is 0.429. The van der Waals surface area contributed by atoms with Crippen molar-refractivity contribution in [3.05, 3.63) is 27.3 Å². The van der Waals surface area contributed by atoms with Gasteiger partial charge in [0.2, 0.25) is 0 Å². The molecule has 1 atom stereocenters. The van der Waals surface area contributed by atoms with Crippen LogP contribution in [0.25, 0.3) is 0 Å². The highest BCUT2D eigenvalue weighted by Crippen LogP contribution is 2.21. The van der Waals surface area contributed by atoms with E-state index in [0.29, 0.717) is 17.2 Å². The van der Waals surface area contributed by atoms with E-state index in [0.717, 1.165) is 28.8 Å². The Labute approximate surface area is 142 Å². The lowest BCUT2D eigenvalue weighted by Gasteiger charge is -2.13. The summed E-state index contributed by atoms with van der Waals surface area (Å²) >= 11 is 7.25. The molecule has 2 rings (SSSR count). The molecule has 1 aromatic carbocycles. The van der Waals surface area contributed by atoms with Crippen molar-refractivity contribution in [1.82, 2.24) is 10.6 Å². The van der Waals surface area contributed by atoms with Gasteiger partial charge in [0.15, 0.2) is 5.11 Å². The Morgan fingerprint density at radius 3 is 3.00 bits per heavy atom. The number of methoxy groups -OCH3 is 1. The van der Waals surface area contributed by atoms with Crippen molar-refractivity contribution in [3.8, 4) is 5.75 Å².